The Balaban J connectivity index is 2.78. The second-order valence-corrected chi connectivity index (χ2v) is 1.66. The predicted molar refractivity (Wildman–Crippen MR) is 36.2 cm³/mol. The largest absolute Gasteiger partial charge is 0.404 e. The first kappa shape index (κ1) is 6.54. The number of carbonyl (C=O) groups excluding carboxylic acids is 1. The summed E-state index contributed by atoms with van der Waals surface area (Å²) >= 11 is 0. The Hall–Kier alpha value is -1.58. The zero-order valence-corrected chi connectivity index (χ0v) is 5.24. The number of allylic oxidation sites excluding steroid dienone is 1. The van der Waals surface area contributed by atoms with Gasteiger partial charge in [-0.1, -0.05) is 0 Å². The summed E-state index contributed by atoms with van der Waals surface area (Å²) in [5, 5.41) is 0. The summed E-state index contributed by atoms with van der Waals surface area (Å²) in [5.41, 5.74) is 4.99. The van der Waals surface area contributed by atoms with Crippen molar-refractivity contribution in [3.63, 3.8) is 0 Å². The maximum Gasteiger partial charge on any atom is 0.222 e. The number of aromatic nitrogens is 2. The number of nitrogens with two attached hydrogens (primary N) is 1. The lowest BCUT2D eigenvalue weighted by atomic mass is 10.4. The number of imidazole rings is 1. The van der Waals surface area contributed by atoms with E-state index in [1.54, 1.807) is 6.20 Å². The third-order valence-corrected chi connectivity index (χ3v) is 0.979. The summed E-state index contributed by atoms with van der Waals surface area (Å²) in [4.78, 5) is 17.2. The van der Waals surface area contributed by atoms with Crippen LogP contribution in [-0.2, 0) is 0 Å². The molecule has 4 nitrogen and oxygen atoms in total. The molecule has 4 heteroatoms. The van der Waals surface area contributed by atoms with E-state index in [4.69, 9.17) is 5.73 Å². The zero-order valence-electron chi connectivity index (χ0n) is 5.24. The molecule has 0 atom stereocenters. The molecule has 0 aliphatic carbocycles. The zero-order chi connectivity index (χ0) is 7.40. The maximum absolute atomic E-state index is 10.8. The van der Waals surface area contributed by atoms with Crippen LogP contribution in [0.5, 0.6) is 0 Å². The molecule has 0 spiro atoms. The average Bonchev–Trinajstić information content (AvgIpc) is 2.38. The monoisotopic (exact) mass is 137 g/mol. The minimum atomic E-state index is -0.215. The predicted octanol–water partition coefficient (Wildman–Crippen LogP) is 0.0648. The van der Waals surface area contributed by atoms with Crippen molar-refractivity contribution in [1.82, 2.24) is 9.97 Å². The first-order chi connectivity index (χ1) is 4.84. The van der Waals surface area contributed by atoms with E-state index in [-0.39, 0.29) is 5.78 Å². The lowest BCUT2D eigenvalue weighted by Gasteiger charge is -1.83. The van der Waals surface area contributed by atoms with E-state index in [1.165, 1.54) is 18.5 Å². The Morgan fingerprint density at radius 3 is 3.10 bits per heavy atom. The Morgan fingerprint density at radius 1 is 1.80 bits per heavy atom. The summed E-state index contributed by atoms with van der Waals surface area (Å²) in [5.74, 6) is 0.0919. The van der Waals surface area contributed by atoms with E-state index in [0.29, 0.717) is 5.82 Å². The van der Waals surface area contributed by atoms with Gasteiger partial charge in [0.15, 0.2) is 5.82 Å². The van der Waals surface area contributed by atoms with Gasteiger partial charge in [0.05, 0.1) is 0 Å². The molecule has 1 aromatic heterocycles. The van der Waals surface area contributed by atoms with Crippen LogP contribution in [0, 0.1) is 0 Å². The molecule has 52 valence electrons. The highest BCUT2D eigenvalue weighted by Crippen LogP contribution is 1.90. The average molecular weight is 137 g/mol. The smallest absolute Gasteiger partial charge is 0.222 e. The molecule has 1 aromatic rings. The first-order valence-electron chi connectivity index (χ1n) is 2.76. The van der Waals surface area contributed by atoms with Gasteiger partial charge < -0.3 is 10.7 Å². The summed E-state index contributed by atoms with van der Waals surface area (Å²) in [7, 11) is 0. The highest BCUT2D eigenvalue weighted by atomic mass is 16.1. The number of hydrogen-bond donors (Lipinski definition) is 2. The highest BCUT2D eigenvalue weighted by Gasteiger charge is 2.00. The van der Waals surface area contributed by atoms with Crippen LogP contribution < -0.4 is 5.73 Å². The molecule has 3 N–H and O–H groups in total. The second kappa shape index (κ2) is 2.82. The normalized spacial score (nSPS) is 10.4. The molecule has 0 saturated carbocycles. The van der Waals surface area contributed by atoms with Crippen LogP contribution in [0.1, 0.15) is 10.6 Å². The number of rotatable bonds is 2. The number of carbonyl (C=O) groups is 1. The van der Waals surface area contributed by atoms with Crippen LogP contribution in [0.4, 0.5) is 0 Å². The van der Waals surface area contributed by atoms with Gasteiger partial charge in [-0.05, 0) is 6.20 Å². The molecule has 0 bridgehead atoms. The summed E-state index contributed by atoms with van der Waals surface area (Å²) in [6.07, 6.45) is 5.53. The van der Waals surface area contributed by atoms with Crippen molar-refractivity contribution >= 4 is 5.78 Å². The van der Waals surface area contributed by atoms with Crippen molar-refractivity contribution in [2.45, 2.75) is 0 Å². The van der Waals surface area contributed by atoms with Crippen molar-refractivity contribution in [3.8, 4) is 0 Å². The fourth-order valence-corrected chi connectivity index (χ4v) is 0.566. The Morgan fingerprint density at radius 2 is 2.60 bits per heavy atom. The van der Waals surface area contributed by atoms with Gasteiger partial charge in [0.2, 0.25) is 5.78 Å². The SMILES string of the molecule is NC=CC(=O)c1ncc[nH]1. The van der Waals surface area contributed by atoms with Crippen LogP contribution in [0.2, 0.25) is 0 Å². The third kappa shape index (κ3) is 1.22. The first-order valence-corrected chi connectivity index (χ1v) is 2.76. The molecular weight excluding hydrogens is 130 g/mol. The summed E-state index contributed by atoms with van der Waals surface area (Å²) < 4.78 is 0. The van der Waals surface area contributed by atoms with Crippen LogP contribution in [0.25, 0.3) is 0 Å². The number of ketones is 1. The standard InChI is InChI=1S/C6H7N3O/c7-2-1-5(10)6-8-3-4-9-6/h1-4H,7H2,(H,8,9). The molecule has 0 saturated heterocycles. The van der Waals surface area contributed by atoms with Crippen LogP contribution in [0.3, 0.4) is 0 Å². The molecular formula is C6H7N3O. The molecule has 0 radical (unpaired) electrons. The van der Waals surface area contributed by atoms with E-state index in [1.807, 2.05) is 0 Å². The van der Waals surface area contributed by atoms with E-state index < -0.39 is 0 Å². The molecule has 0 fully saturated rings. The molecule has 1 rings (SSSR count). The van der Waals surface area contributed by atoms with Gasteiger partial charge >= 0.3 is 0 Å². The Kier molecular flexibility index (Phi) is 1.84. The number of nitrogens with one attached hydrogen (secondary N) is 1. The fraction of sp³-hybridized carbons (Fsp3) is 0. The molecule has 10 heavy (non-hydrogen) atoms. The van der Waals surface area contributed by atoms with Gasteiger partial charge in [0.1, 0.15) is 0 Å². The van der Waals surface area contributed by atoms with Crippen molar-refractivity contribution in [1.29, 1.82) is 0 Å². The molecule has 1 heterocycles. The van der Waals surface area contributed by atoms with Gasteiger partial charge in [-0.2, -0.15) is 0 Å². The van der Waals surface area contributed by atoms with Crippen molar-refractivity contribution in [2.24, 2.45) is 5.73 Å². The van der Waals surface area contributed by atoms with Crippen LogP contribution in [0.15, 0.2) is 24.7 Å². The number of hydrogen-bond acceptors (Lipinski definition) is 3. The molecule has 0 aliphatic rings. The molecule has 0 unspecified atom stereocenters. The molecule has 0 aliphatic heterocycles. The molecule has 0 aromatic carbocycles. The Labute approximate surface area is 57.8 Å². The van der Waals surface area contributed by atoms with Gasteiger partial charge in [-0.25, -0.2) is 4.98 Å². The van der Waals surface area contributed by atoms with Gasteiger partial charge in [0.25, 0.3) is 0 Å². The molecule has 0 amide bonds. The Bertz CT molecular complexity index is 238. The quantitative estimate of drug-likeness (QED) is 0.447. The van der Waals surface area contributed by atoms with Gasteiger partial charge in [-0.3, -0.25) is 4.79 Å². The van der Waals surface area contributed by atoms with E-state index in [9.17, 15) is 4.79 Å². The van der Waals surface area contributed by atoms with Crippen molar-refractivity contribution in [2.75, 3.05) is 0 Å². The summed E-state index contributed by atoms with van der Waals surface area (Å²) in [6, 6.07) is 0. The third-order valence-electron chi connectivity index (χ3n) is 0.979. The van der Waals surface area contributed by atoms with Crippen molar-refractivity contribution < 1.29 is 4.79 Å². The lowest BCUT2D eigenvalue weighted by molar-refractivity contribution is 0.103. The second-order valence-electron chi connectivity index (χ2n) is 1.66. The minimum absolute atomic E-state index is 0.215. The number of nitrogens with zero attached hydrogens (tertiary/aromatic N) is 1. The van der Waals surface area contributed by atoms with Gasteiger partial charge in [-0.15, -0.1) is 0 Å². The fourth-order valence-electron chi connectivity index (χ4n) is 0.566. The van der Waals surface area contributed by atoms with Gasteiger partial charge in [0, 0.05) is 18.5 Å². The minimum Gasteiger partial charge on any atom is -0.404 e. The van der Waals surface area contributed by atoms with Crippen molar-refractivity contribution in [3.05, 3.63) is 30.5 Å². The number of H-pyrrole nitrogens is 1. The maximum atomic E-state index is 10.8. The highest BCUT2D eigenvalue weighted by molar-refractivity contribution is 6.01. The lowest BCUT2D eigenvalue weighted by Crippen LogP contribution is -1.97. The summed E-state index contributed by atoms with van der Waals surface area (Å²) in [6.45, 7) is 0. The van der Waals surface area contributed by atoms with Crippen LogP contribution >= 0.6 is 0 Å². The van der Waals surface area contributed by atoms with E-state index in [2.05, 4.69) is 9.97 Å². The van der Waals surface area contributed by atoms with Crippen LogP contribution in [-0.4, -0.2) is 15.8 Å². The van der Waals surface area contributed by atoms with E-state index in [0.717, 1.165) is 0 Å². The topological polar surface area (TPSA) is 71.8 Å². The van der Waals surface area contributed by atoms with E-state index >= 15 is 0 Å². The number of aromatic amines is 1.